The summed E-state index contributed by atoms with van der Waals surface area (Å²) in [5, 5.41) is 6.13. The molecule has 0 unspecified atom stereocenters. The fraction of sp³-hybridized carbons (Fsp3) is 0.588. The van der Waals surface area contributed by atoms with Gasteiger partial charge < -0.3 is 16.4 Å². The van der Waals surface area contributed by atoms with Gasteiger partial charge in [0.05, 0.1) is 11.4 Å². The second kappa shape index (κ2) is 10.1. The molecule has 4 heteroatoms. The van der Waals surface area contributed by atoms with Crippen LogP contribution in [0.2, 0.25) is 0 Å². The Bertz CT molecular complexity index is 432. The van der Waals surface area contributed by atoms with Crippen molar-refractivity contribution < 1.29 is 4.79 Å². The lowest BCUT2D eigenvalue weighted by Crippen LogP contribution is -2.22. The van der Waals surface area contributed by atoms with E-state index in [1.165, 1.54) is 32.1 Å². The number of carbonyl (C=O) groups is 1. The molecule has 4 nitrogen and oxygen atoms in total. The molecule has 0 atom stereocenters. The second-order valence-corrected chi connectivity index (χ2v) is 5.36. The Balaban J connectivity index is 2.40. The number of nitrogens with two attached hydrogens (primary N) is 1. The number of anilines is 2. The van der Waals surface area contributed by atoms with E-state index in [-0.39, 0.29) is 5.91 Å². The van der Waals surface area contributed by atoms with Crippen LogP contribution in [-0.2, 0) is 0 Å². The van der Waals surface area contributed by atoms with E-state index >= 15 is 0 Å². The lowest BCUT2D eigenvalue weighted by Gasteiger charge is -2.11. The predicted octanol–water partition coefficient (Wildman–Crippen LogP) is 3.79. The highest BCUT2D eigenvalue weighted by molar-refractivity contribution is 5.96. The van der Waals surface area contributed by atoms with Gasteiger partial charge in [-0.3, -0.25) is 4.79 Å². The fourth-order valence-electron chi connectivity index (χ4n) is 2.24. The predicted molar refractivity (Wildman–Crippen MR) is 90.7 cm³/mol. The number of nitrogen functional groups attached to an aromatic ring is 1. The molecular weight excluding hydrogens is 262 g/mol. The lowest BCUT2D eigenvalue weighted by molar-refractivity contribution is 0.0956. The molecule has 0 saturated heterocycles. The van der Waals surface area contributed by atoms with Crippen LogP contribution < -0.4 is 16.4 Å². The number of hydrogen-bond acceptors (Lipinski definition) is 3. The average Bonchev–Trinajstić information content (AvgIpc) is 2.48. The maximum atomic E-state index is 11.8. The van der Waals surface area contributed by atoms with Gasteiger partial charge in [-0.25, -0.2) is 0 Å². The number of amides is 1. The van der Waals surface area contributed by atoms with E-state index in [0.717, 1.165) is 18.7 Å². The molecule has 0 spiro atoms. The summed E-state index contributed by atoms with van der Waals surface area (Å²) >= 11 is 0. The monoisotopic (exact) mass is 291 g/mol. The zero-order valence-electron chi connectivity index (χ0n) is 13.4. The van der Waals surface area contributed by atoms with Crippen LogP contribution in [0.1, 0.15) is 62.7 Å². The highest BCUT2D eigenvalue weighted by Crippen LogP contribution is 2.20. The first-order valence-electron chi connectivity index (χ1n) is 8.10. The van der Waals surface area contributed by atoms with Crippen LogP contribution in [0.25, 0.3) is 0 Å². The van der Waals surface area contributed by atoms with Crippen LogP contribution in [0.5, 0.6) is 0 Å². The number of benzene rings is 1. The van der Waals surface area contributed by atoms with Crippen molar-refractivity contribution in [1.82, 2.24) is 5.32 Å². The van der Waals surface area contributed by atoms with Crippen LogP contribution in [0, 0.1) is 0 Å². The fourth-order valence-corrected chi connectivity index (χ4v) is 2.24. The molecule has 0 aliphatic heterocycles. The van der Waals surface area contributed by atoms with Crippen molar-refractivity contribution >= 4 is 17.3 Å². The SMILES string of the molecule is CCCCCCCCNc1cc(C(=O)NCC)ccc1N. The van der Waals surface area contributed by atoms with Gasteiger partial charge in [-0.1, -0.05) is 39.0 Å². The van der Waals surface area contributed by atoms with Gasteiger partial charge >= 0.3 is 0 Å². The Morgan fingerprint density at radius 3 is 2.52 bits per heavy atom. The van der Waals surface area contributed by atoms with Crippen molar-refractivity contribution in [3.05, 3.63) is 23.8 Å². The van der Waals surface area contributed by atoms with Crippen LogP contribution in [0.4, 0.5) is 11.4 Å². The van der Waals surface area contributed by atoms with Crippen LogP contribution >= 0.6 is 0 Å². The first-order chi connectivity index (χ1) is 10.2. The molecule has 0 saturated carbocycles. The molecule has 21 heavy (non-hydrogen) atoms. The van der Waals surface area contributed by atoms with E-state index in [4.69, 9.17) is 5.73 Å². The smallest absolute Gasteiger partial charge is 0.251 e. The van der Waals surface area contributed by atoms with E-state index in [0.29, 0.717) is 17.8 Å². The van der Waals surface area contributed by atoms with E-state index in [1.54, 1.807) is 12.1 Å². The first kappa shape index (κ1) is 17.3. The number of unbranched alkanes of at least 4 members (excludes halogenated alkanes) is 5. The van der Waals surface area contributed by atoms with Gasteiger partial charge in [-0.2, -0.15) is 0 Å². The summed E-state index contributed by atoms with van der Waals surface area (Å²) in [7, 11) is 0. The number of nitrogens with one attached hydrogen (secondary N) is 2. The zero-order valence-corrected chi connectivity index (χ0v) is 13.4. The third-order valence-electron chi connectivity index (χ3n) is 3.50. The van der Waals surface area contributed by atoms with Gasteiger partial charge in [-0.05, 0) is 31.5 Å². The maximum absolute atomic E-state index is 11.8. The summed E-state index contributed by atoms with van der Waals surface area (Å²) in [5.41, 5.74) is 8.14. The number of carbonyl (C=O) groups excluding carboxylic acids is 1. The highest BCUT2D eigenvalue weighted by atomic mass is 16.1. The van der Waals surface area contributed by atoms with Crippen LogP contribution in [0.15, 0.2) is 18.2 Å². The van der Waals surface area contributed by atoms with Gasteiger partial charge in [0.2, 0.25) is 0 Å². The van der Waals surface area contributed by atoms with Gasteiger partial charge in [-0.15, -0.1) is 0 Å². The molecule has 0 fully saturated rings. The second-order valence-electron chi connectivity index (χ2n) is 5.36. The largest absolute Gasteiger partial charge is 0.397 e. The third-order valence-corrected chi connectivity index (χ3v) is 3.50. The minimum Gasteiger partial charge on any atom is -0.397 e. The minimum atomic E-state index is -0.0554. The van der Waals surface area contributed by atoms with Crippen molar-refractivity contribution in [1.29, 1.82) is 0 Å². The molecule has 0 radical (unpaired) electrons. The maximum Gasteiger partial charge on any atom is 0.251 e. The molecule has 1 rings (SSSR count). The number of rotatable bonds is 10. The van der Waals surface area contributed by atoms with Crippen molar-refractivity contribution in [3.63, 3.8) is 0 Å². The van der Waals surface area contributed by atoms with E-state index in [2.05, 4.69) is 17.6 Å². The molecule has 1 aromatic rings. The summed E-state index contributed by atoms with van der Waals surface area (Å²) in [4.78, 5) is 11.8. The lowest BCUT2D eigenvalue weighted by atomic mass is 10.1. The van der Waals surface area contributed by atoms with Crippen molar-refractivity contribution in [2.24, 2.45) is 0 Å². The molecule has 1 amide bonds. The summed E-state index contributed by atoms with van der Waals surface area (Å²) in [6, 6.07) is 5.38. The quantitative estimate of drug-likeness (QED) is 0.454. The Labute approximate surface area is 128 Å². The Kier molecular flexibility index (Phi) is 8.32. The van der Waals surface area contributed by atoms with E-state index in [9.17, 15) is 4.79 Å². The van der Waals surface area contributed by atoms with Crippen molar-refractivity contribution in [2.45, 2.75) is 52.4 Å². The Morgan fingerprint density at radius 1 is 1.10 bits per heavy atom. The van der Waals surface area contributed by atoms with Crippen LogP contribution in [-0.4, -0.2) is 19.0 Å². The average molecular weight is 291 g/mol. The molecule has 4 N–H and O–H groups in total. The molecule has 0 aliphatic carbocycles. The molecule has 0 aliphatic rings. The summed E-state index contributed by atoms with van der Waals surface area (Å²) in [6.07, 6.45) is 7.60. The molecule has 0 heterocycles. The Hall–Kier alpha value is -1.71. The summed E-state index contributed by atoms with van der Waals surface area (Å²) in [6.45, 7) is 5.66. The third kappa shape index (κ3) is 6.52. The normalized spacial score (nSPS) is 10.4. The molecule has 1 aromatic carbocycles. The zero-order chi connectivity index (χ0) is 15.5. The Morgan fingerprint density at radius 2 is 1.81 bits per heavy atom. The molecular formula is C17H29N3O. The van der Waals surface area contributed by atoms with Gasteiger partial charge in [0.25, 0.3) is 5.91 Å². The highest BCUT2D eigenvalue weighted by Gasteiger charge is 2.07. The summed E-state index contributed by atoms with van der Waals surface area (Å²) in [5.74, 6) is -0.0554. The molecule has 118 valence electrons. The van der Waals surface area contributed by atoms with E-state index in [1.807, 2.05) is 13.0 Å². The standard InChI is InChI=1S/C17H29N3O/c1-3-5-6-7-8-9-12-20-16-13-14(10-11-15(16)18)17(21)19-4-2/h10-11,13,20H,3-9,12,18H2,1-2H3,(H,19,21). The number of hydrogen-bond donors (Lipinski definition) is 3. The van der Waals surface area contributed by atoms with Crippen molar-refractivity contribution in [3.8, 4) is 0 Å². The molecule has 0 bridgehead atoms. The van der Waals surface area contributed by atoms with E-state index < -0.39 is 0 Å². The van der Waals surface area contributed by atoms with Gasteiger partial charge in [0.15, 0.2) is 0 Å². The van der Waals surface area contributed by atoms with Crippen molar-refractivity contribution in [2.75, 3.05) is 24.1 Å². The topological polar surface area (TPSA) is 67.2 Å². The van der Waals surface area contributed by atoms with Gasteiger partial charge in [0, 0.05) is 18.7 Å². The van der Waals surface area contributed by atoms with Crippen LogP contribution in [0.3, 0.4) is 0 Å². The minimum absolute atomic E-state index is 0.0554. The first-order valence-corrected chi connectivity index (χ1v) is 8.10. The summed E-state index contributed by atoms with van der Waals surface area (Å²) < 4.78 is 0. The van der Waals surface area contributed by atoms with Gasteiger partial charge in [0.1, 0.15) is 0 Å². The molecule has 0 aromatic heterocycles.